The predicted molar refractivity (Wildman–Crippen MR) is 125 cm³/mol. The van der Waals surface area contributed by atoms with Gasteiger partial charge in [-0.25, -0.2) is 18.0 Å². The number of ether oxygens (including phenoxy) is 1. The fourth-order valence-corrected chi connectivity index (χ4v) is 4.05. The molecule has 10 nitrogen and oxygen atoms in total. The summed E-state index contributed by atoms with van der Waals surface area (Å²) in [5.74, 6) is -1.30. The Balaban J connectivity index is 1.66. The lowest BCUT2D eigenvalue weighted by Crippen LogP contribution is -2.49. The van der Waals surface area contributed by atoms with Crippen molar-refractivity contribution in [1.29, 1.82) is 0 Å². The number of anilines is 3. The Morgan fingerprint density at radius 3 is 2.27 bits per heavy atom. The molecule has 0 radical (unpaired) electrons. The lowest BCUT2D eigenvalue weighted by molar-refractivity contribution is -0.117. The first-order chi connectivity index (χ1) is 15.6. The third-order valence-corrected chi connectivity index (χ3v) is 5.80. The molecule has 33 heavy (non-hydrogen) atoms. The maximum Gasteiger partial charge on any atom is 0.414 e. The van der Waals surface area contributed by atoms with Gasteiger partial charge in [-0.15, -0.1) is 0 Å². The van der Waals surface area contributed by atoms with Gasteiger partial charge in [-0.05, 0) is 55.0 Å². The van der Waals surface area contributed by atoms with Gasteiger partial charge in [-0.1, -0.05) is 11.6 Å². The van der Waals surface area contributed by atoms with Crippen LogP contribution in [0.5, 0.6) is 0 Å². The van der Waals surface area contributed by atoms with Crippen LogP contribution in [0.25, 0.3) is 0 Å². The molecule has 4 amide bonds. The molecule has 176 valence electrons. The number of nitrogens with one attached hydrogen (secondary N) is 3. The van der Waals surface area contributed by atoms with Gasteiger partial charge in [0.15, 0.2) is 0 Å². The van der Waals surface area contributed by atoms with Gasteiger partial charge in [0, 0.05) is 34.9 Å². The van der Waals surface area contributed by atoms with Crippen LogP contribution in [0.4, 0.5) is 26.7 Å². The number of cyclic esters (lactones) is 1. The number of benzene rings is 2. The van der Waals surface area contributed by atoms with Gasteiger partial charge in [-0.2, -0.15) is 0 Å². The van der Waals surface area contributed by atoms with Gasteiger partial charge in [0.2, 0.25) is 5.91 Å². The number of hydrogen-bond acceptors (Lipinski definition) is 6. The van der Waals surface area contributed by atoms with E-state index >= 15 is 0 Å². The summed E-state index contributed by atoms with van der Waals surface area (Å²) in [6.45, 7) is 0.900. The van der Waals surface area contributed by atoms with E-state index in [-0.39, 0.29) is 0 Å². The second-order valence-electron chi connectivity index (χ2n) is 7.41. The number of urea groups is 1. The zero-order chi connectivity index (χ0) is 24.0. The standard InChI is InChI=1S/C21H23ClN4O6S/c1-33(30,31)13-18(25-20(28)24-16-5-3-14(22)4-6-16)19(27)23-15-7-9-17(10-8-15)26-11-2-12-32-21(26)29/h3-10,18H,2,11-13H2,1H3,(H,23,27)(H2,24,25,28)/t18-/m0/s1. The highest BCUT2D eigenvalue weighted by Crippen LogP contribution is 2.21. The van der Waals surface area contributed by atoms with E-state index in [1.165, 1.54) is 4.90 Å². The highest BCUT2D eigenvalue weighted by atomic mass is 35.5. The molecule has 1 aliphatic heterocycles. The molecule has 3 N–H and O–H groups in total. The molecule has 1 fully saturated rings. The van der Waals surface area contributed by atoms with Crippen molar-refractivity contribution in [1.82, 2.24) is 5.32 Å². The first kappa shape index (κ1) is 24.3. The molecular weight excluding hydrogens is 472 g/mol. The minimum absolute atomic E-state index is 0.368. The number of rotatable bonds is 7. The fourth-order valence-electron chi connectivity index (χ4n) is 3.08. The maximum atomic E-state index is 12.7. The van der Waals surface area contributed by atoms with Crippen LogP contribution < -0.4 is 20.9 Å². The number of amides is 4. The quantitative estimate of drug-likeness (QED) is 0.542. The molecule has 12 heteroatoms. The van der Waals surface area contributed by atoms with Crippen LogP contribution >= 0.6 is 11.6 Å². The van der Waals surface area contributed by atoms with Crippen LogP contribution in [0.1, 0.15) is 6.42 Å². The van der Waals surface area contributed by atoms with Crippen molar-refractivity contribution in [2.75, 3.05) is 40.7 Å². The first-order valence-corrected chi connectivity index (χ1v) is 12.4. The lowest BCUT2D eigenvalue weighted by atomic mass is 10.2. The van der Waals surface area contributed by atoms with Crippen LogP contribution in [-0.4, -0.2) is 57.7 Å². The van der Waals surface area contributed by atoms with Gasteiger partial charge in [0.25, 0.3) is 0 Å². The zero-order valence-electron chi connectivity index (χ0n) is 17.7. The smallest absolute Gasteiger partial charge is 0.414 e. The average Bonchev–Trinajstić information content (AvgIpc) is 2.75. The van der Waals surface area contributed by atoms with Crippen LogP contribution in [-0.2, 0) is 19.4 Å². The third-order valence-electron chi connectivity index (χ3n) is 4.61. The van der Waals surface area contributed by atoms with E-state index in [1.807, 2.05) is 0 Å². The van der Waals surface area contributed by atoms with Crippen molar-refractivity contribution in [2.24, 2.45) is 0 Å². The molecule has 0 bridgehead atoms. The molecule has 0 saturated carbocycles. The number of sulfone groups is 1. The topological polar surface area (TPSA) is 134 Å². The number of carbonyl (C=O) groups excluding carboxylic acids is 3. The number of nitrogens with zero attached hydrogens (tertiary/aromatic N) is 1. The maximum absolute atomic E-state index is 12.7. The van der Waals surface area contributed by atoms with Crippen molar-refractivity contribution >= 4 is 56.5 Å². The Hall–Kier alpha value is -3.31. The van der Waals surface area contributed by atoms with E-state index in [0.29, 0.717) is 41.7 Å². The average molecular weight is 495 g/mol. The normalized spacial score (nSPS) is 14.7. The molecule has 1 atom stereocenters. The van der Waals surface area contributed by atoms with Gasteiger partial charge in [0.1, 0.15) is 15.9 Å². The van der Waals surface area contributed by atoms with E-state index in [1.54, 1.807) is 48.5 Å². The van der Waals surface area contributed by atoms with Gasteiger partial charge in [-0.3, -0.25) is 9.69 Å². The van der Waals surface area contributed by atoms with Crippen LogP contribution in [0.15, 0.2) is 48.5 Å². The van der Waals surface area contributed by atoms with E-state index in [0.717, 1.165) is 6.26 Å². The van der Waals surface area contributed by atoms with Crippen molar-refractivity contribution in [3.05, 3.63) is 53.6 Å². The van der Waals surface area contributed by atoms with E-state index in [4.69, 9.17) is 16.3 Å². The number of carbonyl (C=O) groups is 3. The van der Waals surface area contributed by atoms with Crippen molar-refractivity contribution in [2.45, 2.75) is 12.5 Å². The summed E-state index contributed by atoms with van der Waals surface area (Å²) in [6.07, 6.45) is 1.24. The summed E-state index contributed by atoms with van der Waals surface area (Å²) in [5, 5.41) is 7.97. The van der Waals surface area contributed by atoms with Crippen molar-refractivity contribution < 1.29 is 27.5 Å². The van der Waals surface area contributed by atoms with E-state index < -0.39 is 39.7 Å². The predicted octanol–water partition coefficient (Wildman–Crippen LogP) is 2.86. The molecule has 0 aliphatic carbocycles. The summed E-state index contributed by atoms with van der Waals surface area (Å²) in [6, 6.07) is 10.6. The molecule has 1 heterocycles. The first-order valence-electron chi connectivity index (χ1n) is 9.97. The van der Waals surface area contributed by atoms with Crippen LogP contribution in [0.2, 0.25) is 5.02 Å². The number of halogens is 1. The summed E-state index contributed by atoms with van der Waals surface area (Å²) in [7, 11) is -3.59. The summed E-state index contributed by atoms with van der Waals surface area (Å²) in [5.41, 5.74) is 1.39. The van der Waals surface area contributed by atoms with E-state index in [9.17, 15) is 22.8 Å². The second kappa shape index (κ2) is 10.5. The summed E-state index contributed by atoms with van der Waals surface area (Å²) < 4.78 is 28.6. The number of hydrogen-bond donors (Lipinski definition) is 3. The monoisotopic (exact) mass is 494 g/mol. The lowest BCUT2D eigenvalue weighted by Gasteiger charge is -2.26. The molecule has 0 spiro atoms. The van der Waals surface area contributed by atoms with Crippen LogP contribution in [0, 0.1) is 0 Å². The highest BCUT2D eigenvalue weighted by molar-refractivity contribution is 7.90. The second-order valence-corrected chi connectivity index (χ2v) is 10.0. The molecule has 0 unspecified atom stereocenters. The Kier molecular flexibility index (Phi) is 7.77. The fraction of sp³-hybridized carbons (Fsp3) is 0.286. The van der Waals surface area contributed by atoms with Crippen molar-refractivity contribution in [3.8, 4) is 0 Å². The molecule has 2 aromatic carbocycles. The van der Waals surface area contributed by atoms with Gasteiger partial charge < -0.3 is 20.7 Å². The molecule has 2 aromatic rings. The van der Waals surface area contributed by atoms with Gasteiger partial charge >= 0.3 is 12.1 Å². The Morgan fingerprint density at radius 2 is 1.67 bits per heavy atom. The summed E-state index contributed by atoms with van der Waals surface area (Å²) in [4.78, 5) is 38.4. The van der Waals surface area contributed by atoms with Gasteiger partial charge in [0.05, 0.1) is 12.4 Å². The molecule has 0 aromatic heterocycles. The Bertz CT molecular complexity index is 1120. The minimum atomic E-state index is -3.59. The molecular formula is C21H23ClN4O6S. The largest absolute Gasteiger partial charge is 0.449 e. The Labute approximate surface area is 196 Å². The van der Waals surface area contributed by atoms with E-state index in [2.05, 4.69) is 16.0 Å². The summed E-state index contributed by atoms with van der Waals surface area (Å²) >= 11 is 5.81. The minimum Gasteiger partial charge on any atom is -0.449 e. The van der Waals surface area contributed by atoms with Crippen LogP contribution in [0.3, 0.4) is 0 Å². The molecule has 1 aliphatic rings. The Morgan fingerprint density at radius 1 is 1.06 bits per heavy atom. The highest BCUT2D eigenvalue weighted by Gasteiger charge is 2.26. The molecule has 3 rings (SSSR count). The zero-order valence-corrected chi connectivity index (χ0v) is 19.3. The molecule has 1 saturated heterocycles. The third kappa shape index (κ3) is 7.36. The SMILES string of the molecule is CS(=O)(=O)C[C@H](NC(=O)Nc1ccc(Cl)cc1)C(=O)Nc1ccc(N2CCCOC2=O)cc1. The van der Waals surface area contributed by atoms with Crippen molar-refractivity contribution in [3.63, 3.8) is 0 Å².